The first-order valence-corrected chi connectivity index (χ1v) is 14.3. The standard InChI is InChI=1S/C28H26BrClN4O3S/c1-19-12-13-24(16-27(19)30)33(38(36,37)26-10-5-4-6-11-26)18-28(35)32-31-17-22-14-20(2)34(21(22)3)25-9-7-8-23(29)15-25/h4-17H,18H2,1-3H3,(H,32,35)/b31-17-. The average molecular weight is 614 g/mol. The minimum atomic E-state index is -4.04. The van der Waals surface area contributed by atoms with Crippen LogP contribution in [-0.4, -0.2) is 31.7 Å². The van der Waals surface area contributed by atoms with Crippen molar-refractivity contribution in [2.45, 2.75) is 25.7 Å². The van der Waals surface area contributed by atoms with Gasteiger partial charge in [0.2, 0.25) is 0 Å². The van der Waals surface area contributed by atoms with Crippen LogP contribution >= 0.6 is 27.5 Å². The van der Waals surface area contributed by atoms with Crippen molar-refractivity contribution in [2.24, 2.45) is 5.10 Å². The van der Waals surface area contributed by atoms with Gasteiger partial charge in [-0.3, -0.25) is 9.10 Å². The number of benzene rings is 3. The van der Waals surface area contributed by atoms with E-state index in [1.54, 1.807) is 36.5 Å². The number of nitrogens with one attached hydrogen (secondary N) is 1. The van der Waals surface area contributed by atoms with Gasteiger partial charge >= 0.3 is 0 Å². The van der Waals surface area contributed by atoms with Gasteiger partial charge in [-0.25, -0.2) is 13.8 Å². The molecule has 0 unspecified atom stereocenters. The topological polar surface area (TPSA) is 83.8 Å². The van der Waals surface area contributed by atoms with E-state index in [2.05, 4.69) is 31.0 Å². The van der Waals surface area contributed by atoms with Gasteiger partial charge in [0.05, 0.1) is 16.8 Å². The summed E-state index contributed by atoms with van der Waals surface area (Å²) in [5.74, 6) is -0.599. The average Bonchev–Trinajstić information content (AvgIpc) is 3.17. The summed E-state index contributed by atoms with van der Waals surface area (Å²) in [6.45, 7) is 5.29. The molecule has 1 N–H and O–H groups in total. The molecule has 0 saturated carbocycles. The first-order chi connectivity index (χ1) is 18.1. The first kappa shape index (κ1) is 27.6. The summed E-state index contributed by atoms with van der Waals surface area (Å²) in [4.78, 5) is 13.0. The maximum Gasteiger partial charge on any atom is 0.264 e. The molecule has 0 atom stereocenters. The summed E-state index contributed by atoms with van der Waals surface area (Å²) in [5.41, 5.74) is 7.30. The lowest BCUT2D eigenvalue weighted by Gasteiger charge is -2.24. The predicted octanol–water partition coefficient (Wildman–Crippen LogP) is 6.16. The molecular formula is C28H26BrClN4O3S. The minimum Gasteiger partial charge on any atom is -0.318 e. The van der Waals surface area contributed by atoms with E-state index < -0.39 is 22.5 Å². The number of hydrazone groups is 1. The molecule has 0 spiro atoms. The summed E-state index contributed by atoms with van der Waals surface area (Å²) in [5, 5.41) is 4.50. The smallest absolute Gasteiger partial charge is 0.264 e. The molecule has 1 heterocycles. The number of carbonyl (C=O) groups is 1. The van der Waals surface area contributed by atoms with Crippen LogP contribution in [0.15, 0.2) is 93.3 Å². The molecular weight excluding hydrogens is 588 g/mol. The van der Waals surface area contributed by atoms with Gasteiger partial charge in [-0.15, -0.1) is 0 Å². The van der Waals surface area contributed by atoms with Crippen LogP contribution in [0.2, 0.25) is 5.02 Å². The Labute approximate surface area is 235 Å². The van der Waals surface area contributed by atoms with Gasteiger partial charge < -0.3 is 4.57 Å². The van der Waals surface area contributed by atoms with Crippen molar-refractivity contribution in [3.8, 4) is 5.69 Å². The number of hydrogen-bond donors (Lipinski definition) is 1. The highest BCUT2D eigenvalue weighted by atomic mass is 79.9. The monoisotopic (exact) mass is 612 g/mol. The summed E-state index contributed by atoms with van der Waals surface area (Å²) in [6.07, 6.45) is 1.55. The van der Waals surface area contributed by atoms with Crippen LogP contribution in [0.5, 0.6) is 0 Å². The van der Waals surface area contributed by atoms with Gasteiger partial charge in [0.25, 0.3) is 15.9 Å². The third-order valence-electron chi connectivity index (χ3n) is 5.99. The molecule has 0 saturated heterocycles. The first-order valence-electron chi connectivity index (χ1n) is 11.7. The van der Waals surface area contributed by atoms with Crippen LogP contribution in [0, 0.1) is 20.8 Å². The molecule has 7 nitrogen and oxygen atoms in total. The summed E-state index contributed by atoms with van der Waals surface area (Å²) in [6, 6.07) is 22.7. The summed E-state index contributed by atoms with van der Waals surface area (Å²) in [7, 11) is -4.04. The molecule has 38 heavy (non-hydrogen) atoms. The zero-order valence-corrected chi connectivity index (χ0v) is 24.2. The Balaban J connectivity index is 1.56. The van der Waals surface area contributed by atoms with Crippen LogP contribution in [0.1, 0.15) is 22.5 Å². The van der Waals surface area contributed by atoms with Crippen molar-refractivity contribution in [1.29, 1.82) is 0 Å². The quantitative estimate of drug-likeness (QED) is 0.191. The molecule has 0 aliphatic rings. The lowest BCUT2D eigenvalue weighted by atomic mass is 10.2. The van der Waals surface area contributed by atoms with Crippen molar-refractivity contribution >= 4 is 55.4 Å². The zero-order chi connectivity index (χ0) is 27.4. The summed E-state index contributed by atoms with van der Waals surface area (Å²) < 4.78 is 31.0. The highest BCUT2D eigenvalue weighted by molar-refractivity contribution is 9.10. The number of halogens is 2. The number of nitrogens with zero attached hydrogens (tertiary/aromatic N) is 3. The normalized spacial score (nSPS) is 11.6. The Hall–Kier alpha value is -3.40. The van der Waals surface area contributed by atoms with E-state index in [-0.39, 0.29) is 10.6 Å². The molecule has 1 aromatic heterocycles. The molecule has 0 aliphatic carbocycles. The number of sulfonamides is 1. The van der Waals surface area contributed by atoms with Crippen molar-refractivity contribution in [3.63, 3.8) is 0 Å². The van der Waals surface area contributed by atoms with Crippen molar-refractivity contribution in [3.05, 3.63) is 111 Å². The second kappa shape index (κ2) is 11.6. The third-order valence-corrected chi connectivity index (χ3v) is 8.68. The van der Waals surface area contributed by atoms with Crippen LogP contribution in [-0.2, 0) is 14.8 Å². The highest BCUT2D eigenvalue weighted by Crippen LogP contribution is 2.28. The molecule has 196 valence electrons. The Morgan fingerprint density at radius 3 is 2.45 bits per heavy atom. The Bertz CT molecular complexity index is 1620. The minimum absolute atomic E-state index is 0.0630. The lowest BCUT2D eigenvalue weighted by Crippen LogP contribution is -2.39. The fourth-order valence-electron chi connectivity index (χ4n) is 4.04. The third kappa shape index (κ3) is 6.01. The van der Waals surface area contributed by atoms with E-state index in [1.807, 2.05) is 51.1 Å². The zero-order valence-electron chi connectivity index (χ0n) is 21.0. The number of amides is 1. The summed E-state index contributed by atoms with van der Waals surface area (Å²) >= 11 is 9.78. The highest BCUT2D eigenvalue weighted by Gasteiger charge is 2.27. The molecule has 0 fully saturated rings. The van der Waals surface area contributed by atoms with E-state index >= 15 is 0 Å². The molecule has 4 rings (SSSR count). The van der Waals surface area contributed by atoms with E-state index in [0.29, 0.717) is 5.02 Å². The van der Waals surface area contributed by atoms with Crippen LogP contribution in [0.25, 0.3) is 5.69 Å². The van der Waals surface area contributed by atoms with Gasteiger partial charge in [0, 0.05) is 32.1 Å². The van der Waals surface area contributed by atoms with E-state index in [4.69, 9.17) is 11.6 Å². The van der Waals surface area contributed by atoms with Crippen molar-refractivity contribution in [2.75, 3.05) is 10.8 Å². The van der Waals surface area contributed by atoms with Crippen molar-refractivity contribution in [1.82, 2.24) is 9.99 Å². The van der Waals surface area contributed by atoms with E-state index in [9.17, 15) is 13.2 Å². The number of aryl methyl sites for hydroxylation is 2. The van der Waals surface area contributed by atoms with Gasteiger partial charge in [0.15, 0.2) is 0 Å². The molecule has 0 radical (unpaired) electrons. The number of aromatic nitrogens is 1. The second-order valence-electron chi connectivity index (χ2n) is 8.69. The van der Waals surface area contributed by atoms with E-state index in [0.717, 1.165) is 37.0 Å². The molecule has 3 aromatic carbocycles. The van der Waals surface area contributed by atoms with Gasteiger partial charge in [-0.1, -0.05) is 57.9 Å². The number of anilines is 1. The van der Waals surface area contributed by atoms with Crippen LogP contribution in [0.3, 0.4) is 0 Å². The van der Waals surface area contributed by atoms with Crippen LogP contribution in [0.4, 0.5) is 5.69 Å². The maximum absolute atomic E-state index is 13.5. The van der Waals surface area contributed by atoms with Gasteiger partial charge in [0.1, 0.15) is 6.54 Å². The molecule has 0 aliphatic heterocycles. The SMILES string of the molecule is Cc1ccc(N(CC(=O)N/N=C\c2cc(C)n(-c3cccc(Br)c3)c2C)S(=O)(=O)c2ccccc2)cc1Cl. The fraction of sp³-hybridized carbons (Fsp3) is 0.143. The number of rotatable bonds is 8. The largest absolute Gasteiger partial charge is 0.318 e. The lowest BCUT2D eigenvalue weighted by molar-refractivity contribution is -0.119. The Kier molecular flexibility index (Phi) is 8.40. The van der Waals surface area contributed by atoms with Gasteiger partial charge in [-0.2, -0.15) is 5.10 Å². The fourth-order valence-corrected chi connectivity index (χ4v) is 6.04. The number of carbonyl (C=O) groups excluding carboxylic acids is 1. The van der Waals surface area contributed by atoms with Crippen LogP contribution < -0.4 is 9.73 Å². The Morgan fingerprint density at radius 1 is 1.03 bits per heavy atom. The van der Waals surface area contributed by atoms with Gasteiger partial charge in [-0.05, 0) is 74.9 Å². The maximum atomic E-state index is 13.5. The molecule has 0 bridgehead atoms. The molecule has 4 aromatic rings. The molecule has 10 heteroatoms. The van der Waals surface area contributed by atoms with E-state index in [1.165, 1.54) is 18.2 Å². The van der Waals surface area contributed by atoms with Crippen molar-refractivity contribution < 1.29 is 13.2 Å². The number of hydrogen-bond acceptors (Lipinski definition) is 4. The Morgan fingerprint density at radius 2 is 1.76 bits per heavy atom. The predicted molar refractivity (Wildman–Crippen MR) is 156 cm³/mol. The second-order valence-corrected chi connectivity index (χ2v) is 11.9. The molecule has 1 amide bonds.